The molecule has 0 radical (unpaired) electrons. The summed E-state index contributed by atoms with van der Waals surface area (Å²) in [5.41, 5.74) is 3.41. The maximum atomic E-state index is 11.6. The van der Waals surface area contributed by atoms with Crippen LogP contribution in [0.25, 0.3) is 0 Å². The zero-order valence-corrected chi connectivity index (χ0v) is 12.5. The fourth-order valence-corrected chi connectivity index (χ4v) is 3.19. The Kier molecular flexibility index (Phi) is 4.20. The zero-order chi connectivity index (χ0) is 14.7. The van der Waals surface area contributed by atoms with Crippen molar-refractivity contribution >= 4 is 0 Å². The molecular formula is C18H22N2O. The lowest BCUT2D eigenvalue weighted by molar-refractivity contribution is 0.140. The fraction of sp³-hybridized carbons (Fsp3) is 0.389. The second kappa shape index (κ2) is 6.27. The standard InChI is InChI=1S/C18H22N2O/c1-14-11-16(12-19-18(14)21)17-9-5-6-10-20(17)13-15-7-3-2-4-8-15/h2-4,7-8,11-12,17H,5-6,9-10,13H2,1H3,(H,19,21). The normalized spacial score (nSPS) is 19.6. The summed E-state index contributed by atoms with van der Waals surface area (Å²) in [6.45, 7) is 3.98. The average molecular weight is 282 g/mol. The molecule has 1 fully saturated rings. The van der Waals surface area contributed by atoms with Crippen molar-refractivity contribution in [1.82, 2.24) is 9.88 Å². The maximum absolute atomic E-state index is 11.6. The number of likely N-dealkylation sites (tertiary alicyclic amines) is 1. The summed E-state index contributed by atoms with van der Waals surface area (Å²) in [5, 5.41) is 0. The van der Waals surface area contributed by atoms with Crippen molar-refractivity contribution in [2.75, 3.05) is 6.54 Å². The third-order valence-corrected chi connectivity index (χ3v) is 4.34. The molecule has 0 amide bonds. The Labute approximate surface area is 125 Å². The minimum absolute atomic E-state index is 0.0177. The van der Waals surface area contributed by atoms with Gasteiger partial charge in [-0.3, -0.25) is 9.69 Å². The molecule has 1 atom stereocenters. The van der Waals surface area contributed by atoms with E-state index in [0.717, 1.165) is 25.1 Å². The van der Waals surface area contributed by atoms with Gasteiger partial charge in [0.25, 0.3) is 5.56 Å². The van der Waals surface area contributed by atoms with Gasteiger partial charge in [0.15, 0.2) is 0 Å². The molecule has 0 spiro atoms. The van der Waals surface area contributed by atoms with E-state index in [2.05, 4.69) is 40.2 Å². The SMILES string of the molecule is Cc1cc(C2CCCCN2Cc2ccccc2)c[nH]c1=O. The van der Waals surface area contributed by atoms with Crippen molar-refractivity contribution in [1.29, 1.82) is 0 Å². The predicted molar refractivity (Wildman–Crippen MR) is 85.2 cm³/mol. The Morgan fingerprint density at radius 3 is 2.81 bits per heavy atom. The van der Waals surface area contributed by atoms with Crippen molar-refractivity contribution < 1.29 is 0 Å². The molecule has 21 heavy (non-hydrogen) atoms. The number of rotatable bonds is 3. The summed E-state index contributed by atoms with van der Waals surface area (Å²) in [6, 6.07) is 13.1. The van der Waals surface area contributed by atoms with Gasteiger partial charge in [0.2, 0.25) is 0 Å². The van der Waals surface area contributed by atoms with E-state index >= 15 is 0 Å². The molecule has 1 aromatic heterocycles. The molecule has 1 unspecified atom stereocenters. The first kappa shape index (κ1) is 14.1. The number of pyridine rings is 1. The molecule has 1 saturated heterocycles. The highest BCUT2D eigenvalue weighted by molar-refractivity contribution is 5.22. The smallest absolute Gasteiger partial charge is 0.250 e. The van der Waals surface area contributed by atoms with Gasteiger partial charge in [-0.15, -0.1) is 0 Å². The lowest BCUT2D eigenvalue weighted by atomic mass is 9.95. The molecule has 1 N–H and O–H groups in total. The van der Waals surface area contributed by atoms with Crippen molar-refractivity contribution in [3.05, 3.63) is 69.6 Å². The Bertz CT molecular complexity index is 648. The lowest BCUT2D eigenvalue weighted by Gasteiger charge is -2.36. The monoisotopic (exact) mass is 282 g/mol. The van der Waals surface area contributed by atoms with Crippen LogP contribution < -0.4 is 5.56 Å². The number of aromatic nitrogens is 1. The van der Waals surface area contributed by atoms with E-state index < -0.39 is 0 Å². The summed E-state index contributed by atoms with van der Waals surface area (Å²) in [5.74, 6) is 0. The van der Waals surface area contributed by atoms with Gasteiger partial charge in [0.05, 0.1) is 0 Å². The third-order valence-electron chi connectivity index (χ3n) is 4.34. The minimum Gasteiger partial charge on any atom is -0.329 e. The van der Waals surface area contributed by atoms with Crippen LogP contribution in [-0.4, -0.2) is 16.4 Å². The Balaban J connectivity index is 1.84. The van der Waals surface area contributed by atoms with Crippen LogP contribution >= 0.6 is 0 Å². The van der Waals surface area contributed by atoms with Gasteiger partial charge in [-0.25, -0.2) is 0 Å². The van der Waals surface area contributed by atoms with E-state index in [1.54, 1.807) is 0 Å². The Morgan fingerprint density at radius 2 is 2.05 bits per heavy atom. The van der Waals surface area contributed by atoms with E-state index in [4.69, 9.17) is 0 Å². The largest absolute Gasteiger partial charge is 0.329 e. The number of aromatic amines is 1. The molecule has 3 heteroatoms. The highest BCUT2D eigenvalue weighted by Crippen LogP contribution is 2.31. The number of aryl methyl sites for hydroxylation is 1. The number of nitrogens with zero attached hydrogens (tertiary/aromatic N) is 1. The van der Waals surface area contributed by atoms with E-state index in [0.29, 0.717) is 6.04 Å². The third kappa shape index (κ3) is 3.24. The molecule has 3 rings (SSSR count). The van der Waals surface area contributed by atoms with Crippen LogP contribution in [-0.2, 0) is 6.54 Å². The first-order chi connectivity index (χ1) is 10.2. The number of piperidine rings is 1. The molecule has 3 nitrogen and oxygen atoms in total. The summed E-state index contributed by atoms with van der Waals surface area (Å²) in [7, 11) is 0. The molecule has 0 bridgehead atoms. The quantitative estimate of drug-likeness (QED) is 0.936. The molecule has 1 aliphatic heterocycles. The van der Waals surface area contributed by atoms with Crippen molar-refractivity contribution in [3.63, 3.8) is 0 Å². The molecule has 2 heterocycles. The molecule has 0 aliphatic carbocycles. The lowest BCUT2D eigenvalue weighted by Crippen LogP contribution is -2.33. The second-order valence-corrected chi connectivity index (χ2v) is 5.91. The van der Waals surface area contributed by atoms with Crippen LogP contribution in [0.15, 0.2) is 47.4 Å². The van der Waals surface area contributed by atoms with Gasteiger partial charge >= 0.3 is 0 Å². The van der Waals surface area contributed by atoms with Gasteiger partial charge in [-0.2, -0.15) is 0 Å². The van der Waals surface area contributed by atoms with Crippen LogP contribution in [0.3, 0.4) is 0 Å². The number of nitrogens with one attached hydrogen (secondary N) is 1. The molecule has 0 saturated carbocycles. The number of hydrogen-bond acceptors (Lipinski definition) is 2. The summed E-state index contributed by atoms with van der Waals surface area (Å²) >= 11 is 0. The van der Waals surface area contributed by atoms with E-state index in [9.17, 15) is 4.79 Å². The first-order valence-electron chi connectivity index (χ1n) is 7.71. The highest BCUT2D eigenvalue weighted by Gasteiger charge is 2.24. The Hall–Kier alpha value is -1.87. The average Bonchev–Trinajstić information content (AvgIpc) is 2.52. The van der Waals surface area contributed by atoms with E-state index in [-0.39, 0.29) is 5.56 Å². The van der Waals surface area contributed by atoms with Gasteiger partial charge in [-0.1, -0.05) is 36.8 Å². The Morgan fingerprint density at radius 1 is 1.24 bits per heavy atom. The van der Waals surface area contributed by atoms with Crippen molar-refractivity contribution in [2.45, 2.75) is 38.8 Å². The second-order valence-electron chi connectivity index (χ2n) is 5.91. The molecule has 2 aromatic rings. The zero-order valence-electron chi connectivity index (χ0n) is 12.5. The van der Waals surface area contributed by atoms with Crippen LogP contribution in [0.4, 0.5) is 0 Å². The summed E-state index contributed by atoms with van der Waals surface area (Å²) < 4.78 is 0. The topological polar surface area (TPSA) is 36.1 Å². The van der Waals surface area contributed by atoms with Gasteiger partial charge < -0.3 is 4.98 Å². The summed E-state index contributed by atoms with van der Waals surface area (Å²) in [6.07, 6.45) is 5.57. The van der Waals surface area contributed by atoms with Gasteiger partial charge in [-0.05, 0) is 43.5 Å². The highest BCUT2D eigenvalue weighted by atomic mass is 16.1. The van der Waals surface area contributed by atoms with Crippen LogP contribution in [0.5, 0.6) is 0 Å². The van der Waals surface area contributed by atoms with Crippen molar-refractivity contribution in [2.24, 2.45) is 0 Å². The van der Waals surface area contributed by atoms with Gasteiger partial charge in [0.1, 0.15) is 0 Å². The van der Waals surface area contributed by atoms with Crippen LogP contribution in [0.1, 0.15) is 42.0 Å². The van der Waals surface area contributed by atoms with Gasteiger partial charge in [0, 0.05) is 24.3 Å². The first-order valence-corrected chi connectivity index (χ1v) is 7.71. The van der Waals surface area contributed by atoms with Crippen molar-refractivity contribution in [3.8, 4) is 0 Å². The number of H-pyrrole nitrogens is 1. The molecule has 1 aliphatic rings. The predicted octanol–water partition coefficient (Wildman–Crippen LogP) is 3.41. The minimum atomic E-state index is 0.0177. The fourth-order valence-electron chi connectivity index (χ4n) is 3.19. The van der Waals surface area contributed by atoms with E-state index in [1.807, 2.05) is 19.2 Å². The van der Waals surface area contributed by atoms with Crippen LogP contribution in [0.2, 0.25) is 0 Å². The number of benzene rings is 1. The number of hydrogen-bond donors (Lipinski definition) is 1. The maximum Gasteiger partial charge on any atom is 0.250 e. The molecular weight excluding hydrogens is 260 g/mol. The molecule has 110 valence electrons. The summed E-state index contributed by atoms with van der Waals surface area (Å²) in [4.78, 5) is 17.0. The molecule has 1 aromatic carbocycles. The van der Waals surface area contributed by atoms with E-state index in [1.165, 1.54) is 24.0 Å². The van der Waals surface area contributed by atoms with Crippen LogP contribution in [0, 0.1) is 6.92 Å².